The fraction of sp³-hybridized carbons (Fsp3) is 0.615. The number of fused-ring (bicyclic) bond motifs is 1. The second-order valence-corrected chi connectivity index (χ2v) is 5.34. The molecule has 1 aliphatic carbocycles. The van der Waals surface area contributed by atoms with Gasteiger partial charge >= 0.3 is 5.69 Å². The van der Waals surface area contributed by atoms with Crippen LogP contribution in [0.4, 0.5) is 0 Å². The lowest BCUT2D eigenvalue weighted by Gasteiger charge is -2.30. The van der Waals surface area contributed by atoms with Crippen LogP contribution >= 0.6 is 0 Å². The summed E-state index contributed by atoms with van der Waals surface area (Å²) < 4.78 is 7.10. The van der Waals surface area contributed by atoms with Crippen molar-refractivity contribution < 1.29 is 4.74 Å². The predicted octanol–water partition coefficient (Wildman–Crippen LogP) is 0.561. The van der Waals surface area contributed by atoms with Gasteiger partial charge in [0.2, 0.25) is 5.88 Å². The molecule has 1 aliphatic rings. The molecule has 7 nitrogen and oxygen atoms in total. The van der Waals surface area contributed by atoms with Crippen molar-refractivity contribution in [2.45, 2.75) is 25.7 Å². The Kier molecular flexibility index (Phi) is 3.68. The molecule has 0 aliphatic heterocycles. The fourth-order valence-corrected chi connectivity index (χ4v) is 2.88. The first-order valence-electron chi connectivity index (χ1n) is 7.03. The van der Waals surface area contributed by atoms with Gasteiger partial charge in [0.05, 0.1) is 6.61 Å². The molecule has 0 spiro atoms. The highest BCUT2D eigenvalue weighted by molar-refractivity contribution is 5.38. The molecule has 2 aromatic rings. The van der Waals surface area contributed by atoms with Gasteiger partial charge in [0.1, 0.15) is 6.33 Å². The third-order valence-corrected chi connectivity index (χ3v) is 4.10. The molecule has 0 saturated heterocycles. The van der Waals surface area contributed by atoms with E-state index in [9.17, 15) is 4.79 Å². The third kappa shape index (κ3) is 2.53. The molecular formula is C13H19N5O2. The molecule has 3 rings (SSSR count). The number of aromatic nitrogens is 4. The fourth-order valence-electron chi connectivity index (χ4n) is 2.88. The van der Waals surface area contributed by atoms with Crippen LogP contribution in [0.5, 0.6) is 5.88 Å². The number of nitrogens with zero attached hydrogens (tertiary/aromatic N) is 3. The van der Waals surface area contributed by atoms with Crippen molar-refractivity contribution in [3.05, 3.63) is 22.9 Å². The molecule has 1 fully saturated rings. The van der Waals surface area contributed by atoms with Gasteiger partial charge in [0.15, 0.2) is 5.65 Å². The summed E-state index contributed by atoms with van der Waals surface area (Å²) in [6.07, 6.45) is 6.28. The molecule has 1 saturated carbocycles. The standard InChI is InChI=1S/C13H19N5O2/c14-6-9-3-1-2-4-10(9)7-20-12-5-11-16-17-13(19)18(11)8-15-12/h5,8-10H,1-4,6-7,14H2,(H,17,19). The minimum absolute atomic E-state index is 0.297. The van der Waals surface area contributed by atoms with Crippen molar-refractivity contribution in [1.82, 2.24) is 19.6 Å². The molecule has 7 heteroatoms. The van der Waals surface area contributed by atoms with Gasteiger partial charge in [-0.05, 0) is 31.2 Å². The van der Waals surface area contributed by atoms with Crippen LogP contribution in [0.25, 0.3) is 5.65 Å². The van der Waals surface area contributed by atoms with Gasteiger partial charge in [-0.15, -0.1) is 0 Å². The monoisotopic (exact) mass is 277 g/mol. The largest absolute Gasteiger partial charge is 0.477 e. The van der Waals surface area contributed by atoms with E-state index in [1.54, 1.807) is 6.07 Å². The van der Waals surface area contributed by atoms with Gasteiger partial charge in [-0.2, -0.15) is 5.10 Å². The molecule has 2 heterocycles. The first-order valence-corrected chi connectivity index (χ1v) is 7.03. The molecule has 3 N–H and O–H groups in total. The normalized spacial score (nSPS) is 23.1. The van der Waals surface area contributed by atoms with E-state index in [1.807, 2.05) is 0 Å². The molecule has 2 atom stereocenters. The van der Waals surface area contributed by atoms with Crippen LogP contribution in [0.2, 0.25) is 0 Å². The lowest BCUT2D eigenvalue weighted by atomic mass is 9.80. The Morgan fingerprint density at radius 1 is 1.40 bits per heavy atom. The van der Waals surface area contributed by atoms with E-state index >= 15 is 0 Å². The van der Waals surface area contributed by atoms with E-state index in [0.29, 0.717) is 30.0 Å². The minimum atomic E-state index is -0.297. The average Bonchev–Trinajstić information content (AvgIpc) is 2.86. The Labute approximate surface area is 116 Å². The molecule has 2 unspecified atom stereocenters. The van der Waals surface area contributed by atoms with Gasteiger partial charge in [0.25, 0.3) is 0 Å². The maximum Gasteiger partial charge on any atom is 0.348 e. The topological polar surface area (TPSA) is 98.3 Å². The molecule has 20 heavy (non-hydrogen) atoms. The summed E-state index contributed by atoms with van der Waals surface area (Å²) in [7, 11) is 0. The van der Waals surface area contributed by atoms with Crippen LogP contribution in [0.3, 0.4) is 0 Å². The SMILES string of the molecule is NCC1CCCCC1COc1cc2n[nH]c(=O)n2cn1. The summed E-state index contributed by atoms with van der Waals surface area (Å²) in [5, 5.41) is 6.26. The highest BCUT2D eigenvalue weighted by Crippen LogP contribution is 2.29. The number of ether oxygens (including phenoxy) is 1. The zero-order chi connectivity index (χ0) is 13.9. The van der Waals surface area contributed by atoms with Crippen molar-refractivity contribution >= 4 is 5.65 Å². The van der Waals surface area contributed by atoms with E-state index in [4.69, 9.17) is 10.5 Å². The number of nitrogens with one attached hydrogen (secondary N) is 1. The summed E-state index contributed by atoms with van der Waals surface area (Å²) in [6.45, 7) is 1.34. The number of hydrogen-bond donors (Lipinski definition) is 2. The van der Waals surface area contributed by atoms with Crippen LogP contribution in [-0.4, -0.2) is 32.7 Å². The lowest BCUT2D eigenvalue weighted by Crippen LogP contribution is -2.30. The number of rotatable bonds is 4. The Hall–Kier alpha value is -1.89. The van der Waals surface area contributed by atoms with Crippen molar-refractivity contribution in [1.29, 1.82) is 0 Å². The van der Waals surface area contributed by atoms with Crippen LogP contribution in [-0.2, 0) is 0 Å². The number of nitrogens with two attached hydrogens (primary N) is 1. The van der Waals surface area contributed by atoms with E-state index in [2.05, 4.69) is 15.2 Å². The van der Waals surface area contributed by atoms with Crippen molar-refractivity contribution in [3.8, 4) is 5.88 Å². The van der Waals surface area contributed by atoms with Gasteiger partial charge in [-0.25, -0.2) is 19.3 Å². The summed E-state index contributed by atoms with van der Waals surface area (Å²) in [4.78, 5) is 15.5. The molecule has 0 radical (unpaired) electrons. The molecule has 0 amide bonds. The summed E-state index contributed by atoms with van der Waals surface area (Å²) >= 11 is 0. The maximum absolute atomic E-state index is 11.3. The molecule has 0 aromatic carbocycles. The van der Waals surface area contributed by atoms with E-state index in [1.165, 1.54) is 30.0 Å². The van der Waals surface area contributed by atoms with E-state index < -0.39 is 0 Å². The highest BCUT2D eigenvalue weighted by Gasteiger charge is 2.24. The zero-order valence-corrected chi connectivity index (χ0v) is 11.3. The highest BCUT2D eigenvalue weighted by atomic mass is 16.5. The van der Waals surface area contributed by atoms with Crippen LogP contribution < -0.4 is 16.2 Å². The molecule has 2 aromatic heterocycles. The van der Waals surface area contributed by atoms with Crippen LogP contribution in [0, 0.1) is 11.8 Å². The van der Waals surface area contributed by atoms with Gasteiger partial charge < -0.3 is 10.5 Å². The van der Waals surface area contributed by atoms with E-state index in [0.717, 1.165) is 13.0 Å². The first-order chi connectivity index (χ1) is 9.78. The van der Waals surface area contributed by atoms with Gasteiger partial charge in [-0.3, -0.25) is 0 Å². The van der Waals surface area contributed by atoms with E-state index in [-0.39, 0.29) is 5.69 Å². The second-order valence-electron chi connectivity index (χ2n) is 5.34. The predicted molar refractivity (Wildman–Crippen MR) is 73.6 cm³/mol. The van der Waals surface area contributed by atoms with Crippen molar-refractivity contribution in [3.63, 3.8) is 0 Å². The Morgan fingerprint density at radius 2 is 2.20 bits per heavy atom. The summed E-state index contributed by atoms with van der Waals surface area (Å²) in [5.74, 6) is 1.53. The number of H-pyrrole nitrogens is 1. The van der Waals surface area contributed by atoms with Gasteiger partial charge in [0, 0.05) is 6.07 Å². The molecule has 108 valence electrons. The van der Waals surface area contributed by atoms with Gasteiger partial charge in [-0.1, -0.05) is 12.8 Å². The third-order valence-electron chi connectivity index (χ3n) is 4.10. The molecule has 0 bridgehead atoms. The number of aromatic amines is 1. The Balaban J connectivity index is 1.68. The maximum atomic E-state index is 11.3. The summed E-state index contributed by atoms with van der Waals surface area (Å²) in [5.41, 5.74) is 6.03. The first kappa shape index (κ1) is 13.1. The quantitative estimate of drug-likeness (QED) is 0.851. The zero-order valence-electron chi connectivity index (χ0n) is 11.3. The number of hydrogen-bond acceptors (Lipinski definition) is 5. The van der Waals surface area contributed by atoms with Crippen LogP contribution in [0.1, 0.15) is 25.7 Å². The van der Waals surface area contributed by atoms with Crippen molar-refractivity contribution in [2.75, 3.05) is 13.2 Å². The van der Waals surface area contributed by atoms with Crippen molar-refractivity contribution in [2.24, 2.45) is 17.6 Å². The smallest absolute Gasteiger partial charge is 0.348 e. The second kappa shape index (κ2) is 5.62. The minimum Gasteiger partial charge on any atom is -0.477 e. The Morgan fingerprint density at radius 3 is 3.00 bits per heavy atom. The average molecular weight is 277 g/mol. The van der Waals surface area contributed by atoms with Crippen LogP contribution in [0.15, 0.2) is 17.2 Å². The lowest BCUT2D eigenvalue weighted by molar-refractivity contribution is 0.149. The Bertz CT molecular complexity index is 635. The molecular weight excluding hydrogens is 258 g/mol. The summed E-state index contributed by atoms with van der Waals surface area (Å²) in [6, 6.07) is 1.66.